The van der Waals surface area contributed by atoms with Crippen LogP contribution in [0.25, 0.3) is 0 Å². The highest BCUT2D eigenvalue weighted by Gasteiger charge is 2.35. The molecule has 1 aliphatic rings. The number of nitrogens with zero attached hydrogens (tertiary/aromatic N) is 2. The standard InChI is InChI=1S/C18H30N4O3/c1-11(2)15-9-22(6-5-7-23)10-16(15)21-17(24)8-14-12(3)19-13(4)20-18(14)25/h11,15-16,23H,5-10H2,1-4H3,(H,21,24)(H,19,20,25)/t15-,16+/m0/s1. The summed E-state index contributed by atoms with van der Waals surface area (Å²) in [5, 5.41) is 12.1. The van der Waals surface area contributed by atoms with Gasteiger partial charge in [-0.3, -0.25) is 9.59 Å². The summed E-state index contributed by atoms with van der Waals surface area (Å²) in [6, 6.07) is 0.0731. The molecule has 1 aromatic heterocycles. The van der Waals surface area contributed by atoms with E-state index in [9.17, 15) is 9.59 Å². The molecular formula is C18H30N4O3. The van der Waals surface area contributed by atoms with Crippen molar-refractivity contribution >= 4 is 5.91 Å². The number of rotatable bonds is 7. The number of likely N-dealkylation sites (tertiary alicyclic amines) is 1. The average molecular weight is 350 g/mol. The molecular weight excluding hydrogens is 320 g/mol. The Morgan fingerprint density at radius 2 is 2.12 bits per heavy atom. The molecule has 0 unspecified atom stereocenters. The van der Waals surface area contributed by atoms with Gasteiger partial charge in [0.1, 0.15) is 5.82 Å². The van der Waals surface area contributed by atoms with E-state index in [1.807, 2.05) is 0 Å². The molecule has 1 saturated heterocycles. The zero-order valence-corrected chi connectivity index (χ0v) is 15.6. The van der Waals surface area contributed by atoms with Crippen LogP contribution in [0, 0.1) is 25.7 Å². The number of amides is 1. The van der Waals surface area contributed by atoms with Gasteiger partial charge in [-0.15, -0.1) is 0 Å². The molecule has 7 nitrogen and oxygen atoms in total. The first-order valence-electron chi connectivity index (χ1n) is 9.00. The number of aromatic nitrogens is 2. The number of aliphatic hydroxyl groups is 1. The lowest BCUT2D eigenvalue weighted by molar-refractivity contribution is -0.121. The van der Waals surface area contributed by atoms with Crippen molar-refractivity contribution in [1.82, 2.24) is 20.2 Å². The average Bonchev–Trinajstić information content (AvgIpc) is 2.91. The minimum absolute atomic E-state index is 0.0480. The Labute approximate surface area is 148 Å². The highest BCUT2D eigenvalue weighted by atomic mass is 16.3. The van der Waals surface area contributed by atoms with Gasteiger partial charge in [-0.05, 0) is 32.1 Å². The number of hydrogen-bond acceptors (Lipinski definition) is 5. The molecule has 0 spiro atoms. The van der Waals surface area contributed by atoms with E-state index in [2.05, 4.69) is 34.0 Å². The lowest BCUT2D eigenvalue weighted by Crippen LogP contribution is -2.43. The van der Waals surface area contributed by atoms with E-state index in [-0.39, 0.29) is 30.5 Å². The number of hydrogen-bond donors (Lipinski definition) is 3. The molecule has 1 aliphatic heterocycles. The summed E-state index contributed by atoms with van der Waals surface area (Å²) in [6.45, 7) is 10.6. The van der Waals surface area contributed by atoms with E-state index in [0.29, 0.717) is 28.9 Å². The van der Waals surface area contributed by atoms with Crippen LogP contribution < -0.4 is 10.9 Å². The van der Waals surface area contributed by atoms with Gasteiger partial charge in [-0.25, -0.2) is 4.98 Å². The third-order valence-electron chi connectivity index (χ3n) is 4.95. The molecule has 7 heteroatoms. The van der Waals surface area contributed by atoms with Gasteiger partial charge in [0.2, 0.25) is 5.91 Å². The second kappa shape index (κ2) is 8.58. The number of aliphatic hydroxyl groups excluding tert-OH is 1. The van der Waals surface area contributed by atoms with E-state index >= 15 is 0 Å². The third kappa shape index (κ3) is 5.12. The first-order valence-corrected chi connectivity index (χ1v) is 9.00. The second-order valence-electron chi connectivity index (χ2n) is 7.31. The Bertz CT molecular complexity index is 656. The molecule has 1 amide bonds. The molecule has 0 radical (unpaired) electrons. The van der Waals surface area contributed by atoms with Crippen molar-refractivity contribution in [2.45, 2.75) is 46.6 Å². The summed E-state index contributed by atoms with van der Waals surface area (Å²) in [6.07, 6.45) is 0.793. The summed E-state index contributed by atoms with van der Waals surface area (Å²) in [5.41, 5.74) is 0.795. The van der Waals surface area contributed by atoms with Gasteiger partial charge >= 0.3 is 0 Å². The van der Waals surface area contributed by atoms with Gasteiger partial charge in [-0.1, -0.05) is 13.8 Å². The molecule has 140 valence electrons. The van der Waals surface area contributed by atoms with Crippen LogP contribution in [0.5, 0.6) is 0 Å². The SMILES string of the molecule is Cc1nc(C)c(CC(=O)N[C@@H]2CN(CCCO)C[C@H]2C(C)C)c(=O)[nH]1. The van der Waals surface area contributed by atoms with Crippen molar-refractivity contribution in [2.24, 2.45) is 11.8 Å². The molecule has 25 heavy (non-hydrogen) atoms. The van der Waals surface area contributed by atoms with Gasteiger partial charge < -0.3 is 20.3 Å². The van der Waals surface area contributed by atoms with Crippen molar-refractivity contribution in [1.29, 1.82) is 0 Å². The lowest BCUT2D eigenvalue weighted by atomic mass is 9.91. The quantitative estimate of drug-likeness (QED) is 0.661. The Balaban J connectivity index is 2.02. The van der Waals surface area contributed by atoms with Crippen LogP contribution in [0.15, 0.2) is 4.79 Å². The molecule has 0 aromatic carbocycles. The van der Waals surface area contributed by atoms with Crippen LogP contribution >= 0.6 is 0 Å². The van der Waals surface area contributed by atoms with Gasteiger partial charge in [0.25, 0.3) is 5.56 Å². The topological polar surface area (TPSA) is 98.3 Å². The maximum Gasteiger partial charge on any atom is 0.254 e. The summed E-state index contributed by atoms with van der Waals surface area (Å²) >= 11 is 0. The highest BCUT2D eigenvalue weighted by molar-refractivity contribution is 5.79. The van der Waals surface area contributed by atoms with Crippen LogP contribution in [0.4, 0.5) is 0 Å². The molecule has 0 saturated carbocycles. The first-order chi connectivity index (χ1) is 11.8. The van der Waals surface area contributed by atoms with Gasteiger partial charge in [0, 0.05) is 43.5 Å². The molecule has 0 bridgehead atoms. The van der Waals surface area contributed by atoms with Crippen molar-refractivity contribution in [2.75, 3.05) is 26.2 Å². The summed E-state index contributed by atoms with van der Waals surface area (Å²) in [5.74, 6) is 1.24. The number of nitrogens with one attached hydrogen (secondary N) is 2. The predicted molar refractivity (Wildman–Crippen MR) is 96.4 cm³/mol. The molecule has 1 fully saturated rings. The Hall–Kier alpha value is -1.73. The van der Waals surface area contributed by atoms with Crippen molar-refractivity contribution in [3.05, 3.63) is 27.4 Å². The monoisotopic (exact) mass is 350 g/mol. The van der Waals surface area contributed by atoms with E-state index in [1.54, 1.807) is 13.8 Å². The summed E-state index contributed by atoms with van der Waals surface area (Å²) in [7, 11) is 0. The molecule has 2 rings (SSSR count). The van der Waals surface area contributed by atoms with E-state index in [0.717, 1.165) is 26.1 Å². The van der Waals surface area contributed by atoms with Crippen LogP contribution in [-0.2, 0) is 11.2 Å². The summed E-state index contributed by atoms with van der Waals surface area (Å²) in [4.78, 5) is 33.8. The number of carbonyl (C=O) groups is 1. The van der Waals surface area contributed by atoms with Crippen LogP contribution in [0.2, 0.25) is 0 Å². The number of carbonyl (C=O) groups excluding carboxylic acids is 1. The van der Waals surface area contributed by atoms with Gasteiger partial charge in [0.05, 0.1) is 6.42 Å². The van der Waals surface area contributed by atoms with E-state index in [1.165, 1.54) is 0 Å². The number of aryl methyl sites for hydroxylation is 2. The zero-order chi connectivity index (χ0) is 18.6. The lowest BCUT2D eigenvalue weighted by Gasteiger charge is -2.23. The zero-order valence-electron chi connectivity index (χ0n) is 15.6. The van der Waals surface area contributed by atoms with Crippen LogP contribution in [0.1, 0.15) is 37.4 Å². The second-order valence-corrected chi connectivity index (χ2v) is 7.31. The largest absolute Gasteiger partial charge is 0.396 e. The van der Waals surface area contributed by atoms with E-state index < -0.39 is 0 Å². The maximum absolute atomic E-state index is 12.5. The minimum Gasteiger partial charge on any atom is -0.396 e. The van der Waals surface area contributed by atoms with Gasteiger partial charge in [0.15, 0.2) is 0 Å². The fourth-order valence-corrected chi connectivity index (χ4v) is 3.60. The fraction of sp³-hybridized carbons (Fsp3) is 0.722. The van der Waals surface area contributed by atoms with Crippen LogP contribution in [0.3, 0.4) is 0 Å². The first kappa shape index (κ1) is 19.6. The highest BCUT2D eigenvalue weighted by Crippen LogP contribution is 2.24. The number of aromatic amines is 1. The normalized spacial score (nSPS) is 21.0. The molecule has 0 aliphatic carbocycles. The Morgan fingerprint density at radius 1 is 1.40 bits per heavy atom. The maximum atomic E-state index is 12.5. The molecule has 3 N–H and O–H groups in total. The Morgan fingerprint density at radius 3 is 2.72 bits per heavy atom. The molecule has 1 aromatic rings. The van der Waals surface area contributed by atoms with Crippen molar-refractivity contribution in [3.8, 4) is 0 Å². The summed E-state index contributed by atoms with van der Waals surface area (Å²) < 4.78 is 0. The van der Waals surface area contributed by atoms with Crippen LogP contribution in [-0.4, -0.2) is 58.2 Å². The molecule has 2 atom stereocenters. The number of H-pyrrole nitrogens is 1. The van der Waals surface area contributed by atoms with Gasteiger partial charge in [-0.2, -0.15) is 0 Å². The minimum atomic E-state index is -0.239. The smallest absolute Gasteiger partial charge is 0.254 e. The molecule has 2 heterocycles. The fourth-order valence-electron chi connectivity index (χ4n) is 3.60. The van der Waals surface area contributed by atoms with Crippen molar-refractivity contribution in [3.63, 3.8) is 0 Å². The van der Waals surface area contributed by atoms with Crippen molar-refractivity contribution < 1.29 is 9.90 Å². The third-order valence-corrected chi connectivity index (χ3v) is 4.95. The van der Waals surface area contributed by atoms with E-state index in [4.69, 9.17) is 5.11 Å². The Kier molecular flexibility index (Phi) is 6.72. The predicted octanol–water partition coefficient (Wildman–Crippen LogP) is 0.384.